The van der Waals surface area contributed by atoms with Crippen LogP contribution in [0.15, 0.2) is 46.0 Å². The maximum Gasteiger partial charge on any atom is 0.254 e. The number of hydrogen-bond acceptors (Lipinski definition) is 3. The Morgan fingerprint density at radius 1 is 1.13 bits per heavy atom. The molecule has 5 rings (SSSR count). The Balaban J connectivity index is 1.44. The van der Waals surface area contributed by atoms with Gasteiger partial charge in [-0.05, 0) is 47.8 Å². The molecule has 1 aromatic carbocycles. The molecule has 4 nitrogen and oxygen atoms in total. The highest BCUT2D eigenvalue weighted by Crippen LogP contribution is 2.73. The summed E-state index contributed by atoms with van der Waals surface area (Å²) in [6.45, 7) is 0. The van der Waals surface area contributed by atoms with Crippen LogP contribution in [0, 0.1) is 29.1 Å². The van der Waals surface area contributed by atoms with Gasteiger partial charge in [0.25, 0.3) is 11.8 Å². The highest BCUT2D eigenvalue weighted by Gasteiger charge is 2.73. The lowest BCUT2D eigenvalue weighted by Gasteiger charge is -2.18. The SMILES string of the molecule is O=C1[C@@H]2[C@H](C(=O)N1/N=C\c1cccc(Br)c1)[C@H]1C=C[C@@H]2C12CC2. The van der Waals surface area contributed by atoms with E-state index >= 15 is 0 Å². The molecule has 23 heavy (non-hydrogen) atoms. The third-order valence-electron chi connectivity index (χ3n) is 6.00. The van der Waals surface area contributed by atoms with Crippen LogP contribution in [0.3, 0.4) is 0 Å². The molecule has 116 valence electrons. The Kier molecular flexibility index (Phi) is 2.62. The highest BCUT2D eigenvalue weighted by molar-refractivity contribution is 9.10. The van der Waals surface area contributed by atoms with Crippen LogP contribution in [0.2, 0.25) is 0 Å². The van der Waals surface area contributed by atoms with Gasteiger partial charge in [0.2, 0.25) is 0 Å². The molecule has 0 aromatic heterocycles. The molecule has 1 heterocycles. The van der Waals surface area contributed by atoms with E-state index < -0.39 is 0 Å². The van der Waals surface area contributed by atoms with Gasteiger partial charge in [0.1, 0.15) is 0 Å². The van der Waals surface area contributed by atoms with Gasteiger partial charge in [-0.3, -0.25) is 9.59 Å². The number of rotatable bonds is 2. The Bertz CT molecular complexity index is 762. The van der Waals surface area contributed by atoms with Crippen LogP contribution < -0.4 is 0 Å². The third kappa shape index (κ3) is 1.69. The fourth-order valence-corrected chi connectivity index (χ4v) is 5.30. The van der Waals surface area contributed by atoms with Crippen molar-refractivity contribution in [2.75, 3.05) is 0 Å². The number of amides is 2. The van der Waals surface area contributed by atoms with Crippen LogP contribution in [0.5, 0.6) is 0 Å². The first-order chi connectivity index (χ1) is 11.1. The largest absolute Gasteiger partial charge is 0.272 e. The smallest absolute Gasteiger partial charge is 0.254 e. The van der Waals surface area contributed by atoms with Crippen LogP contribution in [-0.2, 0) is 9.59 Å². The molecule has 1 spiro atoms. The van der Waals surface area contributed by atoms with E-state index in [-0.39, 0.29) is 40.9 Å². The lowest BCUT2D eigenvalue weighted by molar-refractivity contribution is -0.141. The molecule has 3 aliphatic carbocycles. The molecule has 1 aliphatic heterocycles. The van der Waals surface area contributed by atoms with E-state index in [1.807, 2.05) is 24.3 Å². The number of carbonyl (C=O) groups is 2. The van der Waals surface area contributed by atoms with Gasteiger partial charge in [0.05, 0.1) is 18.1 Å². The topological polar surface area (TPSA) is 49.7 Å². The summed E-state index contributed by atoms with van der Waals surface area (Å²) in [6, 6.07) is 7.62. The van der Waals surface area contributed by atoms with Gasteiger partial charge in [0, 0.05) is 4.47 Å². The van der Waals surface area contributed by atoms with E-state index in [0.29, 0.717) is 0 Å². The summed E-state index contributed by atoms with van der Waals surface area (Å²) in [5, 5.41) is 5.31. The predicted octanol–water partition coefficient (Wildman–Crippen LogP) is 2.98. The summed E-state index contributed by atoms with van der Waals surface area (Å²) in [7, 11) is 0. The second-order valence-corrected chi connectivity index (χ2v) is 7.92. The quantitative estimate of drug-likeness (QED) is 0.456. The summed E-state index contributed by atoms with van der Waals surface area (Å²) in [6.07, 6.45) is 8.25. The fraction of sp³-hybridized carbons (Fsp3) is 0.389. The van der Waals surface area contributed by atoms with E-state index in [2.05, 4.69) is 33.2 Å². The van der Waals surface area contributed by atoms with Crippen molar-refractivity contribution >= 4 is 34.0 Å². The molecule has 3 fully saturated rings. The molecule has 2 amide bonds. The van der Waals surface area contributed by atoms with Gasteiger partial charge in [0.15, 0.2) is 0 Å². The molecule has 1 aromatic rings. The Hall–Kier alpha value is -1.75. The average molecular weight is 371 g/mol. The van der Waals surface area contributed by atoms with Crippen molar-refractivity contribution in [3.05, 3.63) is 46.5 Å². The number of nitrogens with zero attached hydrogens (tertiary/aromatic N) is 2. The van der Waals surface area contributed by atoms with Crippen molar-refractivity contribution in [3.63, 3.8) is 0 Å². The standard InChI is InChI=1S/C18H15BrN2O2/c19-11-3-1-2-10(8-11)9-20-21-16(22)14-12-4-5-13(15(14)17(21)23)18(12)6-7-18/h1-5,8-9,12-15H,6-7H2/b20-9-/t12-,13+,14-,15+. The first kappa shape index (κ1) is 13.7. The zero-order valence-electron chi connectivity index (χ0n) is 12.4. The summed E-state index contributed by atoms with van der Waals surface area (Å²) in [5.41, 5.74) is 1.10. The number of allylic oxidation sites excluding steroid dienone is 2. The van der Waals surface area contributed by atoms with Gasteiger partial charge < -0.3 is 0 Å². The van der Waals surface area contributed by atoms with E-state index in [4.69, 9.17) is 0 Å². The molecule has 4 atom stereocenters. The highest BCUT2D eigenvalue weighted by atomic mass is 79.9. The predicted molar refractivity (Wildman–Crippen MR) is 88.4 cm³/mol. The first-order valence-electron chi connectivity index (χ1n) is 7.97. The lowest BCUT2D eigenvalue weighted by atomic mass is 9.85. The number of halogens is 1. The number of carbonyl (C=O) groups excluding carboxylic acids is 2. The summed E-state index contributed by atoms with van der Waals surface area (Å²) in [4.78, 5) is 25.5. The maximum atomic E-state index is 12.7. The zero-order chi connectivity index (χ0) is 15.8. The molecular formula is C18H15BrN2O2. The van der Waals surface area contributed by atoms with Crippen molar-refractivity contribution in [2.45, 2.75) is 12.8 Å². The van der Waals surface area contributed by atoms with Gasteiger partial charge in [-0.15, -0.1) is 0 Å². The van der Waals surface area contributed by atoms with Gasteiger partial charge in [-0.25, -0.2) is 0 Å². The second-order valence-electron chi connectivity index (χ2n) is 7.01. The van der Waals surface area contributed by atoms with Crippen LogP contribution in [0.25, 0.3) is 0 Å². The minimum Gasteiger partial charge on any atom is -0.272 e. The summed E-state index contributed by atoms with van der Waals surface area (Å²) >= 11 is 3.40. The van der Waals surface area contributed by atoms with E-state index in [1.165, 1.54) is 0 Å². The van der Waals surface area contributed by atoms with Crippen LogP contribution in [0.1, 0.15) is 18.4 Å². The third-order valence-corrected chi connectivity index (χ3v) is 6.49. The molecule has 2 bridgehead atoms. The minimum absolute atomic E-state index is 0.116. The number of imide groups is 1. The minimum atomic E-state index is -0.181. The number of hydrazone groups is 1. The van der Waals surface area contributed by atoms with Crippen LogP contribution in [0.4, 0.5) is 0 Å². The fourth-order valence-electron chi connectivity index (χ4n) is 4.89. The molecular weight excluding hydrogens is 356 g/mol. The van der Waals surface area contributed by atoms with Crippen molar-refractivity contribution in [1.29, 1.82) is 0 Å². The number of fused-ring (bicyclic) bond motifs is 3. The van der Waals surface area contributed by atoms with Crippen molar-refractivity contribution < 1.29 is 9.59 Å². The Morgan fingerprint density at radius 2 is 1.78 bits per heavy atom. The zero-order valence-corrected chi connectivity index (χ0v) is 13.9. The Morgan fingerprint density at radius 3 is 2.35 bits per heavy atom. The monoisotopic (exact) mass is 370 g/mol. The van der Waals surface area contributed by atoms with Gasteiger partial charge >= 0.3 is 0 Å². The maximum absolute atomic E-state index is 12.7. The van der Waals surface area contributed by atoms with E-state index in [1.54, 1.807) is 6.21 Å². The Labute approximate surface area is 142 Å². The normalized spacial score (nSPS) is 35.8. The van der Waals surface area contributed by atoms with Crippen molar-refractivity contribution in [3.8, 4) is 0 Å². The van der Waals surface area contributed by atoms with Crippen molar-refractivity contribution in [2.24, 2.45) is 34.2 Å². The first-order valence-corrected chi connectivity index (χ1v) is 8.77. The molecule has 1 saturated heterocycles. The second kappa shape index (κ2) is 4.41. The molecule has 0 N–H and O–H groups in total. The van der Waals surface area contributed by atoms with Gasteiger partial charge in [-0.2, -0.15) is 10.1 Å². The van der Waals surface area contributed by atoms with Gasteiger partial charge in [-0.1, -0.05) is 40.2 Å². The lowest BCUT2D eigenvalue weighted by Crippen LogP contribution is -2.30. The molecule has 5 heteroatoms. The molecule has 2 saturated carbocycles. The van der Waals surface area contributed by atoms with Crippen LogP contribution >= 0.6 is 15.9 Å². The average Bonchev–Trinajstić information content (AvgIpc) is 3.13. The summed E-state index contributed by atoms with van der Waals surface area (Å²) in [5.74, 6) is -0.0943. The summed E-state index contributed by atoms with van der Waals surface area (Å²) < 4.78 is 0.940. The van der Waals surface area contributed by atoms with E-state index in [9.17, 15) is 9.59 Å². The van der Waals surface area contributed by atoms with E-state index in [0.717, 1.165) is 27.9 Å². The molecule has 4 aliphatic rings. The molecule has 0 unspecified atom stereocenters. The molecule has 0 radical (unpaired) electrons. The number of hydrogen-bond donors (Lipinski definition) is 0. The number of benzene rings is 1. The van der Waals surface area contributed by atoms with Crippen molar-refractivity contribution in [1.82, 2.24) is 5.01 Å². The van der Waals surface area contributed by atoms with Crippen LogP contribution in [-0.4, -0.2) is 23.0 Å².